The summed E-state index contributed by atoms with van der Waals surface area (Å²) in [5, 5.41) is 8.31. The van der Waals surface area contributed by atoms with Crippen LogP contribution in [0.1, 0.15) is 29.6 Å². The molecule has 3 aromatic rings. The molecule has 1 atom stereocenters. The lowest BCUT2D eigenvalue weighted by molar-refractivity contribution is 0.0909. The van der Waals surface area contributed by atoms with Crippen molar-refractivity contribution in [1.29, 1.82) is 0 Å². The molecule has 1 amide bonds. The number of hydrogen-bond donors (Lipinski definition) is 2. The van der Waals surface area contributed by atoms with Gasteiger partial charge in [0.15, 0.2) is 0 Å². The van der Waals surface area contributed by atoms with Crippen LogP contribution in [0.3, 0.4) is 0 Å². The molecular weight excluding hydrogens is 354 g/mol. The summed E-state index contributed by atoms with van der Waals surface area (Å²) in [5.74, 6) is -0.0528. The van der Waals surface area contributed by atoms with E-state index >= 15 is 0 Å². The smallest absolute Gasteiger partial charge is 0.266 e. The zero-order chi connectivity index (χ0) is 19.3. The van der Waals surface area contributed by atoms with Crippen LogP contribution in [0.5, 0.6) is 0 Å². The fourth-order valence-corrected chi connectivity index (χ4v) is 3.87. The molecule has 1 aliphatic heterocycles. The summed E-state index contributed by atoms with van der Waals surface area (Å²) < 4.78 is 1.50. The number of carbonyl (C=O) groups excluding carboxylic acids is 1. The Bertz CT molecular complexity index is 1010. The summed E-state index contributed by atoms with van der Waals surface area (Å²) in [6.07, 6.45) is 6.86. The lowest BCUT2D eigenvalue weighted by Gasteiger charge is -2.35. The average molecular weight is 379 g/mol. The third-order valence-electron chi connectivity index (χ3n) is 5.45. The molecule has 1 aromatic carbocycles. The number of piperidine rings is 1. The second kappa shape index (κ2) is 8.39. The topological polar surface area (TPSA) is 83.0 Å². The molecule has 0 radical (unpaired) electrons. The van der Waals surface area contributed by atoms with Crippen LogP contribution in [0.2, 0.25) is 0 Å². The predicted octanol–water partition coefficient (Wildman–Crippen LogP) is 2.01. The summed E-state index contributed by atoms with van der Waals surface area (Å²) in [6.45, 7) is 2.91. The zero-order valence-electron chi connectivity index (χ0n) is 15.8. The van der Waals surface area contributed by atoms with Gasteiger partial charge in [0, 0.05) is 48.7 Å². The first kappa shape index (κ1) is 18.4. The summed E-state index contributed by atoms with van der Waals surface area (Å²) in [4.78, 5) is 29.9. The van der Waals surface area contributed by atoms with Crippen molar-refractivity contribution in [2.75, 3.05) is 19.6 Å². The highest BCUT2D eigenvalue weighted by Gasteiger charge is 2.23. The second-order valence-electron chi connectivity index (χ2n) is 7.26. The van der Waals surface area contributed by atoms with Crippen LogP contribution in [0.15, 0.2) is 53.6 Å². The van der Waals surface area contributed by atoms with Gasteiger partial charge in [0.2, 0.25) is 0 Å². The molecule has 1 fully saturated rings. The molecule has 28 heavy (non-hydrogen) atoms. The van der Waals surface area contributed by atoms with Gasteiger partial charge < -0.3 is 10.3 Å². The number of fused-ring (bicyclic) bond motifs is 1. The molecule has 0 aliphatic carbocycles. The maximum absolute atomic E-state index is 12.6. The monoisotopic (exact) mass is 379 g/mol. The van der Waals surface area contributed by atoms with Gasteiger partial charge in [-0.1, -0.05) is 12.5 Å². The second-order valence-corrected chi connectivity index (χ2v) is 7.26. The normalized spacial score (nSPS) is 17.6. The van der Waals surface area contributed by atoms with E-state index in [9.17, 15) is 9.59 Å². The highest BCUT2D eigenvalue weighted by molar-refractivity contribution is 5.97. The van der Waals surface area contributed by atoms with Gasteiger partial charge in [-0.05, 0) is 49.0 Å². The number of aromatic nitrogens is 3. The maximum atomic E-state index is 12.6. The van der Waals surface area contributed by atoms with Gasteiger partial charge in [0.25, 0.3) is 11.5 Å². The van der Waals surface area contributed by atoms with E-state index in [0.717, 1.165) is 43.3 Å². The minimum Gasteiger partial charge on any atom is -0.361 e. The van der Waals surface area contributed by atoms with Crippen molar-refractivity contribution in [1.82, 2.24) is 25.0 Å². The van der Waals surface area contributed by atoms with Gasteiger partial charge >= 0.3 is 0 Å². The largest absolute Gasteiger partial charge is 0.361 e. The third kappa shape index (κ3) is 4.14. The Labute approximate surface area is 163 Å². The minimum absolute atomic E-state index is 0.0528. The molecule has 3 heterocycles. The Kier molecular flexibility index (Phi) is 5.53. The van der Waals surface area contributed by atoms with Gasteiger partial charge in [0.05, 0.1) is 6.54 Å². The number of hydrogen-bond acceptors (Lipinski definition) is 4. The van der Waals surface area contributed by atoms with Crippen molar-refractivity contribution in [2.45, 2.75) is 31.8 Å². The van der Waals surface area contributed by atoms with Crippen LogP contribution >= 0.6 is 0 Å². The van der Waals surface area contributed by atoms with E-state index in [2.05, 4.69) is 20.3 Å². The van der Waals surface area contributed by atoms with Crippen molar-refractivity contribution in [3.05, 3.63) is 64.7 Å². The molecule has 2 aromatic heterocycles. The molecule has 1 unspecified atom stereocenters. The molecule has 7 heteroatoms. The fourth-order valence-electron chi connectivity index (χ4n) is 3.87. The van der Waals surface area contributed by atoms with Crippen LogP contribution in [0.25, 0.3) is 10.9 Å². The Balaban J connectivity index is 1.35. The molecular formula is C21H25N5O2. The van der Waals surface area contributed by atoms with Gasteiger partial charge in [-0.15, -0.1) is 0 Å². The third-order valence-corrected chi connectivity index (χ3v) is 5.45. The Morgan fingerprint density at radius 1 is 1.21 bits per heavy atom. The SMILES string of the molecule is O=C(NCC1CCCCN1CCn1ncccc1=O)c1ccc2cc[nH]c2c1. The molecule has 4 rings (SSSR count). The van der Waals surface area contributed by atoms with Crippen LogP contribution in [0.4, 0.5) is 0 Å². The van der Waals surface area contributed by atoms with E-state index < -0.39 is 0 Å². The highest BCUT2D eigenvalue weighted by Crippen LogP contribution is 2.17. The molecule has 0 spiro atoms. The van der Waals surface area contributed by atoms with Crippen LogP contribution in [0, 0.1) is 0 Å². The molecule has 146 valence electrons. The lowest BCUT2D eigenvalue weighted by atomic mass is 10.0. The highest BCUT2D eigenvalue weighted by atomic mass is 16.1. The fraction of sp³-hybridized carbons (Fsp3) is 0.381. The van der Waals surface area contributed by atoms with E-state index in [1.54, 1.807) is 12.3 Å². The molecule has 0 saturated carbocycles. The van der Waals surface area contributed by atoms with E-state index in [1.807, 2.05) is 30.5 Å². The Morgan fingerprint density at radius 2 is 2.14 bits per heavy atom. The van der Waals surface area contributed by atoms with Crippen molar-refractivity contribution in [3.63, 3.8) is 0 Å². The van der Waals surface area contributed by atoms with E-state index in [-0.39, 0.29) is 17.5 Å². The van der Waals surface area contributed by atoms with Crippen LogP contribution < -0.4 is 10.9 Å². The first-order chi connectivity index (χ1) is 13.7. The summed E-state index contributed by atoms with van der Waals surface area (Å²) in [5.41, 5.74) is 1.55. The van der Waals surface area contributed by atoms with Crippen molar-refractivity contribution >= 4 is 16.8 Å². The van der Waals surface area contributed by atoms with Crippen molar-refractivity contribution in [3.8, 4) is 0 Å². The number of aromatic amines is 1. The van der Waals surface area contributed by atoms with Gasteiger partial charge in [-0.2, -0.15) is 5.10 Å². The van der Waals surface area contributed by atoms with E-state index in [1.165, 1.54) is 10.7 Å². The Morgan fingerprint density at radius 3 is 3.04 bits per heavy atom. The number of benzene rings is 1. The Hall–Kier alpha value is -2.93. The molecule has 1 aliphatic rings. The van der Waals surface area contributed by atoms with Crippen LogP contribution in [-0.2, 0) is 6.54 Å². The number of nitrogens with one attached hydrogen (secondary N) is 2. The first-order valence-corrected chi connectivity index (χ1v) is 9.82. The maximum Gasteiger partial charge on any atom is 0.266 e. The molecule has 7 nitrogen and oxygen atoms in total. The molecule has 2 N–H and O–H groups in total. The van der Waals surface area contributed by atoms with E-state index in [4.69, 9.17) is 0 Å². The number of amides is 1. The first-order valence-electron chi connectivity index (χ1n) is 9.82. The summed E-state index contributed by atoms with van der Waals surface area (Å²) in [7, 11) is 0. The number of H-pyrrole nitrogens is 1. The quantitative estimate of drug-likeness (QED) is 0.686. The van der Waals surface area contributed by atoms with Gasteiger partial charge in [-0.3, -0.25) is 14.5 Å². The average Bonchev–Trinajstić information content (AvgIpc) is 3.20. The lowest BCUT2D eigenvalue weighted by Crippen LogP contribution is -2.48. The summed E-state index contributed by atoms with van der Waals surface area (Å²) in [6, 6.07) is 11.2. The summed E-state index contributed by atoms with van der Waals surface area (Å²) >= 11 is 0. The van der Waals surface area contributed by atoms with Crippen molar-refractivity contribution in [2.24, 2.45) is 0 Å². The van der Waals surface area contributed by atoms with E-state index in [0.29, 0.717) is 18.7 Å². The van der Waals surface area contributed by atoms with Gasteiger partial charge in [-0.25, -0.2) is 4.68 Å². The molecule has 0 bridgehead atoms. The number of nitrogens with zero attached hydrogens (tertiary/aromatic N) is 3. The predicted molar refractivity (Wildman–Crippen MR) is 108 cm³/mol. The molecule has 1 saturated heterocycles. The number of likely N-dealkylation sites (tertiary alicyclic amines) is 1. The minimum atomic E-state index is -0.0796. The standard InChI is InChI=1S/C21H25N5O2/c27-20-5-3-9-24-26(20)13-12-25-11-2-1-4-18(25)15-23-21(28)17-7-6-16-8-10-22-19(16)14-17/h3,5-10,14,18,22H,1-2,4,11-13,15H2,(H,23,28). The van der Waals surface area contributed by atoms with Gasteiger partial charge in [0.1, 0.15) is 0 Å². The van der Waals surface area contributed by atoms with Crippen LogP contribution in [-0.4, -0.2) is 51.2 Å². The van der Waals surface area contributed by atoms with Crippen molar-refractivity contribution < 1.29 is 4.79 Å². The number of carbonyl (C=O) groups is 1. The zero-order valence-corrected chi connectivity index (χ0v) is 15.8. The number of rotatable bonds is 6.